The molecule has 0 radical (unpaired) electrons. The van der Waals surface area contributed by atoms with E-state index in [2.05, 4.69) is 77.6 Å². The van der Waals surface area contributed by atoms with Gasteiger partial charge in [-0.1, -0.05) is 77.1 Å². The number of fused-ring (bicyclic) bond motifs is 3. The van der Waals surface area contributed by atoms with Gasteiger partial charge in [0.05, 0.1) is 0 Å². The topological polar surface area (TPSA) is 0 Å². The Balaban J connectivity index is 2.32. The van der Waals surface area contributed by atoms with Crippen molar-refractivity contribution in [2.45, 2.75) is 18.3 Å². The smallest absolute Gasteiger partial charge is 0.0294 e. The number of hydrogen-bond acceptors (Lipinski definition) is 0. The van der Waals surface area contributed by atoms with Gasteiger partial charge >= 0.3 is 0 Å². The first-order chi connectivity index (χ1) is 9.69. The van der Waals surface area contributed by atoms with Crippen LogP contribution < -0.4 is 0 Å². The fraction of sp³-hybridized carbons (Fsp3) is 0.158. The number of allylic oxidation sites excluding steroid dienone is 2. The van der Waals surface area contributed by atoms with Crippen molar-refractivity contribution < 1.29 is 0 Å². The molecule has 0 aliphatic heterocycles. The van der Waals surface area contributed by atoms with Crippen LogP contribution in [0, 0.1) is 0 Å². The van der Waals surface area contributed by atoms with E-state index in [-0.39, 0.29) is 5.41 Å². The Kier molecular flexibility index (Phi) is 3.39. The van der Waals surface area contributed by atoms with E-state index in [1.807, 2.05) is 6.08 Å². The van der Waals surface area contributed by atoms with Gasteiger partial charge in [0.1, 0.15) is 0 Å². The standard InChI is InChI=1S/C19H17Br/c1-3-12-19(13-14(2)20)17-10-6-4-8-15(17)16-9-5-7-11-18(16)19/h3-11H,1-2,12-13H2. The Hall–Kier alpha value is -1.60. The summed E-state index contributed by atoms with van der Waals surface area (Å²) in [6, 6.07) is 17.4. The van der Waals surface area contributed by atoms with Crippen LogP contribution in [-0.4, -0.2) is 0 Å². The third-order valence-electron chi connectivity index (χ3n) is 4.16. The van der Waals surface area contributed by atoms with Gasteiger partial charge in [-0.15, -0.1) is 6.58 Å². The molecule has 2 aromatic carbocycles. The first kappa shape index (κ1) is 13.4. The molecule has 0 unspecified atom stereocenters. The summed E-state index contributed by atoms with van der Waals surface area (Å²) in [4.78, 5) is 0. The van der Waals surface area contributed by atoms with Crippen LogP contribution in [0.3, 0.4) is 0 Å². The van der Waals surface area contributed by atoms with Gasteiger partial charge in [-0.05, 0) is 39.6 Å². The Morgan fingerprint density at radius 2 is 1.50 bits per heavy atom. The van der Waals surface area contributed by atoms with Gasteiger partial charge in [-0.3, -0.25) is 0 Å². The predicted molar refractivity (Wildman–Crippen MR) is 90.2 cm³/mol. The van der Waals surface area contributed by atoms with Crippen molar-refractivity contribution in [2.75, 3.05) is 0 Å². The molecule has 0 N–H and O–H groups in total. The maximum atomic E-state index is 4.07. The van der Waals surface area contributed by atoms with E-state index in [0.717, 1.165) is 17.3 Å². The summed E-state index contributed by atoms with van der Waals surface area (Å²) in [5.74, 6) is 0. The van der Waals surface area contributed by atoms with Crippen molar-refractivity contribution in [3.8, 4) is 11.1 Å². The molecule has 0 saturated carbocycles. The zero-order chi connectivity index (χ0) is 14.2. The minimum atomic E-state index is -0.0322. The summed E-state index contributed by atoms with van der Waals surface area (Å²) < 4.78 is 1.03. The zero-order valence-corrected chi connectivity index (χ0v) is 13.0. The van der Waals surface area contributed by atoms with Crippen molar-refractivity contribution in [1.82, 2.24) is 0 Å². The van der Waals surface area contributed by atoms with Gasteiger partial charge in [-0.2, -0.15) is 0 Å². The monoisotopic (exact) mass is 324 g/mol. The summed E-state index contributed by atoms with van der Waals surface area (Å²) in [6.45, 7) is 8.05. The van der Waals surface area contributed by atoms with Gasteiger partial charge in [0.2, 0.25) is 0 Å². The summed E-state index contributed by atoms with van der Waals surface area (Å²) in [5.41, 5.74) is 5.44. The lowest BCUT2D eigenvalue weighted by molar-refractivity contribution is 0.540. The van der Waals surface area contributed by atoms with E-state index < -0.39 is 0 Å². The lowest BCUT2D eigenvalue weighted by atomic mass is 9.73. The van der Waals surface area contributed by atoms with Crippen molar-refractivity contribution >= 4 is 15.9 Å². The highest BCUT2D eigenvalue weighted by molar-refractivity contribution is 9.11. The van der Waals surface area contributed by atoms with Crippen molar-refractivity contribution in [3.63, 3.8) is 0 Å². The highest BCUT2D eigenvalue weighted by Crippen LogP contribution is 2.54. The average Bonchev–Trinajstić information content (AvgIpc) is 2.71. The molecule has 3 rings (SSSR count). The fourth-order valence-electron chi connectivity index (χ4n) is 3.47. The van der Waals surface area contributed by atoms with E-state index in [1.165, 1.54) is 22.3 Å². The molecule has 0 aromatic heterocycles. The van der Waals surface area contributed by atoms with Crippen molar-refractivity contribution in [1.29, 1.82) is 0 Å². The van der Waals surface area contributed by atoms with E-state index in [0.29, 0.717) is 0 Å². The molecule has 100 valence electrons. The molecule has 20 heavy (non-hydrogen) atoms. The second-order valence-electron chi connectivity index (χ2n) is 5.36. The molecule has 0 amide bonds. The van der Waals surface area contributed by atoms with Crippen molar-refractivity contribution in [3.05, 3.63) is 83.4 Å². The fourth-order valence-corrected chi connectivity index (χ4v) is 3.95. The Morgan fingerprint density at radius 1 is 1.00 bits per heavy atom. The first-order valence-corrected chi connectivity index (χ1v) is 7.62. The average molecular weight is 325 g/mol. The van der Waals surface area contributed by atoms with Crippen LogP contribution in [0.4, 0.5) is 0 Å². The van der Waals surface area contributed by atoms with Crippen LogP contribution in [0.1, 0.15) is 24.0 Å². The molecule has 0 nitrogen and oxygen atoms in total. The molecule has 0 bridgehead atoms. The van der Waals surface area contributed by atoms with Crippen LogP contribution in [0.2, 0.25) is 0 Å². The first-order valence-electron chi connectivity index (χ1n) is 6.82. The minimum Gasteiger partial charge on any atom is -0.103 e. The molecule has 2 aromatic rings. The predicted octanol–water partition coefficient (Wildman–Crippen LogP) is 5.83. The number of halogens is 1. The zero-order valence-electron chi connectivity index (χ0n) is 11.4. The number of benzene rings is 2. The Labute approximate surface area is 129 Å². The summed E-state index contributed by atoms with van der Waals surface area (Å²) in [6.07, 6.45) is 3.84. The quantitative estimate of drug-likeness (QED) is 0.621. The lowest BCUT2D eigenvalue weighted by Gasteiger charge is -2.31. The third kappa shape index (κ3) is 1.89. The number of rotatable bonds is 4. The van der Waals surface area contributed by atoms with E-state index >= 15 is 0 Å². The molecule has 0 fully saturated rings. The van der Waals surface area contributed by atoms with Gasteiger partial charge in [0.15, 0.2) is 0 Å². The molecule has 0 atom stereocenters. The highest BCUT2D eigenvalue weighted by Gasteiger charge is 2.41. The molecule has 1 aliphatic rings. The van der Waals surface area contributed by atoms with E-state index in [9.17, 15) is 0 Å². The molecule has 1 heteroatoms. The summed E-state index contributed by atoms with van der Waals surface area (Å²) >= 11 is 3.56. The molecule has 0 saturated heterocycles. The van der Waals surface area contributed by atoms with Crippen LogP contribution in [0.25, 0.3) is 11.1 Å². The SMILES string of the molecule is C=CCC1(CC(=C)Br)c2ccccc2-c2ccccc21. The minimum absolute atomic E-state index is 0.0322. The normalized spacial score (nSPS) is 14.4. The Morgan fingerprint density at radius 3 is 1.95 bits per heavy atom. The van der Waals surface area contributed by atoms with Gasteiger partial charge in [-0.25, -0.2) is 0 Å². The second-order valence-corrected chi connectivity index (χ2v) is 6.48. The molecular weight excluding hydrogens is 308 g/mol. The van der Waals surface area contributed by atoms with E-state index in [1.54, 1.807) is 0 Å². The third-order valence-corrected chi connectivity index (χ3v) is 4.44. The number of hydrogen-bond donors (Lipinski definition) is 0. The van der Waals surface area contributed by atoms with Gasteiger partial charge < -0.3 is 0 Å². The van der Waals surface area contributed by atoms with Crippen LogP contribution in [0.5, 0.6) is 0 Å². The highest BCUT2D eigenvalue weighted by atomic mass is 79.9. The maximum absolute atomic E-state index is 4.07. The molecule has 0 heterocycles. The van der Waals surface area contributed by atoms with Crippen LogP contribution in [0.15, 0.2) is 72.2 Å². The van der Waals surface area contributed by atoms with Crippen molar-refractivity contribution in [2.24, 2.45) is 0 Å². The van der Waals surface area contributed by atoms with Crippen LogP contribution in [-0.2, 0) is 5.41 Å². The lowest BCUT2D eigenvalue weighted by Crippen LogP contribution is -2.24. The summed E-state index contributed by atoms with van der Waals surface area (Å²) in [5, 5.41) is 0. The largest absolute Gasteiger partial charge is 0.103 e. The van der Waals surface area contributed by atoms with E-state index in [4.69, 9.17) is 0 Å². The second kappa shape index (κ2) is 5.06. The molecule has 0 spiro atoms. The molecule has 1 aliphatic carbocycles. The van der Waals surface area contributed by atoms with Gasteiger partial charge in [0.25, 0.3) is 0 Å². The maximum Gasteiger partial charge on any atom is 0.0294 e. The Bertz CT molecular complexity index is 636. The summed E-state index contributed by atoms with van der Waals surface area (Å²) in [7, 11) is 0. The van der Waals surface area contributed by atoms with Gasteiger partial charge in [0, 0.05) is 5.41 Å². The molecular formula is C19H17Br. The van der Waals surface area contributed by atoms with Crippen LogP contribution >= 0.6 is 15.9 Å².